The number of benzene rings is 1. The summed E-state index contributed by atoms with van der Waals surface area (Å²) in [5.74, 6) is -0.575. The summed E-state index contributed by atoms with van der Waals surface area (Å²) in [5, 5.41) is 12.1. The lowest BCUT2D eigenvalue weighted by Gasteiger charge is -2.08. The van der Waals surface area contributed by atoms with Crippen LogP contribution in [0.3, 0.4) is 0 Å². The molecule has 3 N–H and O–H groups in total. The number of aromatic hydroxyl groups is 1. The predicted octanol–water partition coefficient (Wildman–Crippen LogP) is 3.66. The first-order valence-corrected chi connectivity index (χ1v) is 10.3. The van der Waals surface area contributed by atoms with Crippen molar-refractivity contribution >= 4 is 54.7 Å². The Morgan fingerprint density at radius 2 is 1.85 bits per heavy atom. The zero-order chi connectivity index (χ0) is 18.7. The van der Waals surface area contributed by atoms with Gasteiger partial charge in [0.1, 0.15) is 4.21 Å². The molecule has 0 aliphatic heterocycles. The van der Waals surface area contributed by atoms with E-state index in [0.717, 1.165) is 11.3 Å². The molecule has 0 bridgehead atoms. The zero-order valence-corrected chi connectivity index (χ0v) is 16.2. The molecule has 1 amide bonds. The van der Waals surface area contributed by atoms with Gasteiger partial charge in [-0.15, -0.1) is 11.3 Å². The quantitative estimate of drug-likeness (QED) is 0.545. The number of nitrogens with one attached hydrogen (secondary N) is 2. The number of amides is 1. The Kier molecular flexibility index (Phi) is 5.25. The molecule has 1 aromatic carbocycles. The molecule has 0 saturated carbocycles. The van der Waals surface area contributed by atoms with Crippen LogP contribution in [0.2, 0.25) is 0 Å². The number of anilines is 2. The molecule has 0 aliphatic rings. The summed E-state index contributed by atoms with van der Waals surface area (Å²) in [6, 6.07) is 12.0. The van der Waals surface area contributed by atoms with Crippen LogP contribution in [0.25, 0.3) is 0 Å². The molecule has 2 heterocycles. The minimum absolute atomic E-state index is 0.0468. The van der Waals surface area contributed by atoms with Gasteiger partial charge in [0.25, 0.3) is 15.9 Å². The van der Waals surface area contributed by atoms with Gasteiger partial charge >= 0.3 is 0 Å². The first kappa shape index (κ1) is 18.4. The van der Waals surface area contributed by atoms with Crippen molar-refractivity contribution in [3.05, 3.63) is 64.1 Å². The topological polar surface area (TPSA) is 108 Å². The highest BCUT2D eigenvalue weighted by molar-refractivity contribution is 9.11. The van der Waals surface area contributed by atoms with Crippen molar-refractivity contribution in [1.82, 2.24) is 4.98 Å². The predicted molar refractivity (Wildman–Crippen MR) is 103 cm³/mol. The fourth-order valence-electron chi connectivity index (χ4n) is 2.01. The summed E-state index contributed by atoms with van der Waals surface area (Å²) in [5.41, 5.74) is 0.614. The van der Waals surface area contributed by atoms with Crippen molar-refractivity contribution in [1.29, 1.82) is 0 Å². The van der Waals surface area contributed by atoms with Gasteiger partial charge in [-0.25, -0.2) is 13.4 Å². The Morgan fingerprint density at radius 3 is 2.46 bits per heavy atom. The maximum atomic E-state index is 12.3. The van der Waals surface area contributed by atoms with E-state index in [1.54, 1.807) is 6.07 Å². The number of hydrogen-bond acceptors (Lipinski definition) is 6. The third-order valence-electron chi connectivity index (χ3n) is 3.23. The van der Waals surface area contributed by atoms with E-state index in [1.807, 2.05) is 0 Å². The standard InChI is InChI=1S/C16H12BrN3O4S2/c17-13-7-8-14(25-13)26(23,24)20-11-5-3-10(4-6-11)16(22)19-15-12(21)2-1-9-18-15/h1-9,20-21H,(H,18,19,22). The summed E-state index contributed by atoms with van der Waals surface area (Å²) in [6.07, 6.45) is 1.44. The monoisotopic (exact) mass is 453 g/mol. The summed E-state index contributed by atoms with van der Waals surface area (Å²) in [6.45, 7) is 0. The second-order valence-corrected chi connectivity index (χ2v) is 9.44. The number of rotatable bonds is 5. The molecular weight excluding hydrogens is 442 g/mol. The molecule has 7 nitrogen and oxygen atoms in total. The first-order valence-electron chi connectivity index (χ1n) is 7.19. The van der Waals surface area contributed by atoms with Crippen molar-refractivity contribution in [3.8, 4) is 5.75 Å². The van der Waals surface area contributed by atoms with Crippen molar-refractivity contribution < 1.29 is 18.3 Å². The molecule has 0 fully saturated rings. The second kappa shape index (κ2) is 7.44. The summed E-state index contributed by atoms with van der Waals surface area (Å²) in [4.78, 5) is 16.1. The molecule has 0 atom stereocenters. The highest BCUT2D eigenvalue weighted by Gasteiger charge is 2.17. The maximum Gasteiger partial charge on any atom is 0.271 e. The third-order valence-corrected chi connectivity index (χ3v) is 6.73. The van der Waals surface area contributed by atoms with E-state index in [1.165, 1.54) is 48.7 Å². The molecular formula is C16H12BrN3O4S2. The van der Waals surface area contributed by atoms with Crippen molar-refractivity contribution in [2.24, 2.45) is 0 Å². The Labute approximate surface area is 161 Å². The summed E-state index contributed by atoms with van der Waals surface area (Å²) >= 11 is 4.32. The van der Waals surface area contributed by atoms with E-state index in [-0.39, 0.29) is 21.3 Å². The molecule has 0 unspecified atom stereocenters. The van der Waals surface area contributed by atoms with Gasteiger partial charge in [-0.1, -0.05) is 0 Å². The van der Waals surface area contributed by atoms with Gasteiger partial charge in [-0.2, -0.15) is 0 Å². The zero-order valence-electron chi connectivity index (χ0n) is 13.0. The Hall–Kier alpha value is -2.43. The number of carbonyl (C=O) groups excluding carboxylic acids is 1. The average Bonchev–Trinajstić information content (AvgIpc) is 3.05. The number of sulfonamides is 1. The molecule has 0 radical (unpaired) electrons. The van der Waals surface area contributed by atoms with Gasteiger partial charge in [0.05, 0.1) is 3.79 Å². The van der Waals surface area contributed by atoms with Gasteiger partial charge < -0.3 is 10.4 Å². The minimum atomic E-state index is -3.68. The van der Waals surface area contributed by atoms with Crippen LogP contribution in [0.1, 0.15) is 10.4 Å². The molecule has 134 valence electrons. The Bertz CT molecular complexity index is 1050. The van der Waals surface area contributed by atoms with Gasteiger partial charge in [-0.05, 0) is 64.5 Å². The SMILES string of the molecule is O=C(Nc1ncccc1O)c1ccc(NS(=O)(=O)c2ccc(Br)s2)cc1. The van der Waals surface area contributed by atoms with E-state index in [0.29, 0.717) is 9.47 Å². The minimum Gasteiger partial charge on any atom is -0.504 e. The lowest BCUT2D eigenvalue weighted by atomic mass is 10.2. The van der Waals surface area contributed by atoms with Crippen molar-refractivity contribution in [3.63, 3.8) is 0 Å². The Morgan fingerprint density at radius 1 is 1.12 bits per heavy atom. The lowest BCUT2D eigenvalue weighted by Crippen LogP contribution is -2.14. The lowest BCUT2D eigenvalue weighted by molar-refractivity contribution is 0.102. The van der Waals surface area contributed by atoms with Crippen LogP contribution < -0.4 is 10.0 Å². The highest BCUT2D eigenvalue weighted by Crippen LogP contribution is 2.27. The van der Waals surface area contributed by atoms with Gasteiger partial charge in [0, 0.05) is 17.4 Å². The van der Waals surface area contributed by atoms with Gasteiger partial charge in [-0.3, -0.25) is 9.52 Å². The van der Waals surface area contributed by atoms with Gasteiger partial charge in [0.15, 0.2) is 11.6 Å². The number of thiophene rings is 1. The average molecular weight is 454 g/mol. The molecule has 3 aromatic rings. The van der Waals surface area contributed by atoms with E-state index >= 15 is 0 Å². The summed E-state index contributed by atoms with van der Waals surface area (Å²) in [7, 11) is -3.68. The van der Waals surface area contributed by atoms with Crippen LogP contribution >= 0.6 is 27.3 Å². The number of hydrogen-bond donors (Lipinski definition) is 3. The van der Waals surface area contributed by atoms with Gasteiger partial charge in [0.2, 0.25) is 0 Å². The van der Waals surface area contributed by atoms with Crippen molar-refractivity contribution in [2.45, 2.75) is 4.21 Å². The molecule has 26 heavy (non-hydrogen) atoms. The number of halogens is 1. The number of nitrogens with zero attached hydrogens (tertiary/aromatic N) is 1. The molecule has 0 aliphatic carbocycles. The van der Waals surface area contributed by atoms with E-state index in [2.05, 4.69) is 31.0 Å². The number of carbonyl (C=O) groups is 1. The fourth-order valence-corrected chi connectivity index (χ4v) is 5.08. The molecule has 0 spiro atoms. The van der Waals surface area contributed by atoms with Crippen LogP contribution in [0.15, 0.2) is 62.7 Å². The maximum absolute atomic E-state index is 12.3. The van der Waals surface area contributed by atoms with E-state index in [9.17, 15) is 18.3 Å². The smallest absolute Gasteiger partial charge is 0.271 e. The normalized spacial score (nSPS) is 11.1. The van der Waals surface area contributed by atoms with Crippen LogP contribution in [-0.2, 0) is 10.0 Å². The van der Waals surface area contributed by atoms with Crippen LogP contribution in [0, 0.1) is 0 Å². The summed E-state index contributed by atoms with van der Waals surface area (Å²) < 4.78 is 27.9. The first-order chi connectivity index (χ1) is 12.3. The van der Waals surface area contributed by atoms with E-state index < -0.39 is 15.9 Å². The largest absolute Gasteiger partial charge is 0.504 e. The fraction of sp³-hybridized carbons (Fsp3) is 0. The second-order valence-electron chi connectivity index (χ2n) is 5.07. The molecule has 2 aromatic heterocycles. The molecule has 3 rings (SSSR count). The number of pyridine rings is 1. The Balaban J connectivity index is 1.72. The van der Waals surface area contributed by atoms with Crippen molar-refractivity contribution in [2.75, 3.05) is 10.0 Å². The van der Waals surface area contributed by atoms with E-state index in [4.69, 9.17) is 0 Å². The third kappa shape index (κ3) is 4.21. The van der Waals surface area contributed by atoms with Crippen LogP contribution in [-0.4, -0.2) is 24.4 Å². The highest BCUT2D eigenvalue weighted by atomic mass is 79.9. The van der Waals surface area contributed by atoms with Crippen LogP contribution in [0.4, 0.5) is 11.5 Å². The number of aromatic nitrogens is 1. The van der Waals surface area contributed by atoms with Crippen LogP contribution in [0.5, 0.6) is 5.75 Å². The molecule has 10 heteroatoms. The molecule has 0 saturated heterocycles.